The highest BCUT2D eigenvalue weighted by Crippen LogP contribution is 2.08. The van der Waals surface area contributed by atoms with Crippen LogP contribution in [0.3, 0.4) is 0 Å². The van der Waals surface area contributed by atoms with Gasteiger partial charge in [0.1, 0.15) is 5.76 Å². The molecule has 0 bridgehead atoms. The Balaban J connectivity index is 0.00000392. The average Bonchev–Trinajstić information content (AvgIpc) is 3.21. The van der Waals surface area contributed by atoms with Gasteiger partial charge in [-0.1, -0.05) is 12.1 Å². The zero-order chi connectivity index (χ0) is 19.3. The van der Waals surface area contributed by atoms with Crippen LogP contribution in [0.1, 0.15) is 35.0 Å². The third-order valence-electron chi connectivity index (χ3n) is 3.77. The van der Waals surface area contributed by atoms with E-state index in [-0.39, 0.29) is 29.9 Å². The lowest BCUT2D eigenvalue weighted by atomic mass is 10.1. The second-order valence-corrected chi connectivity index (χ2v) is 5.93. The Morgan fingerprint density at radius 3 is 2.75 bits per heavy atom. The van der Waals surface area contributed by atoms with E-state index in [2.05, 4.69) is 20.9 Å². The van der Waals surface area contributed by atoms with Gasteiger partial charge in [0.05, 0.1) is 19.4 Å². The molecule has 1 amide bonds. The molecule has 0 radical (unpaired) electrons. The number of guanidine groups is 1. The van der Waals surface area contributed by atoms with Crippen molar-refractivity contribution in [2.24, 2.45) is 4.99 Å². The fraction of sp³-hybridized carbons (Fsp3) is 0.400. The molecular weight excluding hydrogens is 471 g/mol. The minimum Gasteiger partial charge on any atom is -0.467 e. The Morgan fingerprint density at radius 2 is 2.04 bits per heavy atom. The molecule has 0 saturated carbocycles. The molecule has 2 rings (SSSR count). The monoisotopic (exact) mass is 500 g/mol. The lowest BCUT2D eigenvalue weighted by Gasteiger charge is -2.11. The lowest BCUT2D eigenvalue weighted by molar-refractivity contribution is 0.0948. The SMILES string of the molecule is CCNC(=NCc1cccc(C(=O)NCc2ccco2)c1)NCCCOC.I. The molecule has 0 fully saturated rings. The van der Waals surface area contributed by atoms with Crippen LogP contribution in [0.25, 0.3) is 0 Å². The number of rotatable bonds is 10. The number of hydrogen-bond donors (Lipinski definition) is 3. The lowest BCUT2D eigenvalue weighted by Crippen LogP contribution is -2.38. The molecule has 3 N–H and O–H groups in total. The van der Waals surface area contributed by atoms with Crippen molar-refractivity contribution >= 4 is 35.8 Å². The van der Waals surface area contributed by atoms with Gasteiger partial charge in [-0.3, -0.25) is 4.79 Å². The van der Waals surface area contributed by atoms with Gasteiger partial charge >= 0.3 is 0 Å². The van der Waals surface area contributed by atoms with Crippen LogP contribution in [0.4, 0.5) is 0 Å². The van der Waals surface area contributed by atoms with Gasteiger partial charge in [-0.05, 0) is 43.2 Å². The molecule has 1 aromatic carbocycles. The Labute approximate surface area is 183 Å². The van der Waals surface area contributed by atoms with Crippen LogP contribution < -0.4 is 16.0 Å². The molecule has 154 valence electrons. The average molecular weight is 500 g/mol. The number of nitrogens with one attached hydrogen (secondary N) is 3. The Morgan fingerprint density at radius 1 is 1.18 bits per heavy atom. The second-order valence-electron chi connectivity index (χ2n) is 5.93. The normalized spacial score (nSPS) is 10.9. The first-order valence-electron chi connectivity index (χ1n) is 9.13. The number of furan rings is 1. The van der Waals surface area contributed by atoms with Crippen molar-refractivity contribution in [2.75, 3.05) is 26.8 Å². The predicted octanol–water partition coefficient (Wildman–Crippen LogP) is 2.92. The van der Waals surface area contributed by atoms with Crippen LogP contribution in [0.2, 0.25) is 0 Å². The number of ether oxygens (including phenoxy) is 1. The Hall–Kier alpha value is -2.07. The highest BCUT2D eigenvalue weighted by molar-refractivity contribution is 14.0. The fourth-order valence-corrected chi connectivity index (χ4v) is 2.43. The third-order valence-corrected chi connectivity index (χ3v) is 3.77. The summed E-state index contributed by atoms with van der Waals surface area (Å²) in [5.74, 6) is 1.34. The van der Waals surface area contributed by atoms with Gasteiger partial charge in [0.15, 0.2) is 5.96 Å². The number of nitrogens with zero attached hydrogens (tertiary/aromatic N) is 1. The van der Waals surface area contributed by atoms with Crippen molar-refractivity contribution in [1.29, 1.82) is 0 Å². The molecule has 0 aliphatic carbocycles. The van der Waals surface area contributed by atoms with Gasteiger partial charge in [0, 0.05) is 32.4 Å². The smallest absolute Gasteiger partial charge is 0.251 e. The molecule has 0 unspecified atom stereocenters. The molecule has 7 nitrogen and oxygen atoms in total. The number of carbonyl (C=O) groups is 1. The number of aliphatic imine (C=N–C) groups is 1. The first-order valence-corrected chi connectivity index (χ1v) is 9.13. The van der Waals surface area contributed by atoms with Gasteiger partial charge < -0.3 is 25.1 Å². The molecule has 0 aliphatic rings. The summed E-state index contributed by atoms with van der Waals surface area (Å²) >= 11 is 0. The topological polar surface area (TPSA) is 87.9 Å². The largest absolute Gasteiger partial charge is 0.467 e. The van der Waals surface area contributed by atoms with Crippen molar-refractivity contribution in [3.63, 3.8) is 0 Å². The molecule has 28 heavy (non-hydrogen) atoms. The number of methoxy groups -OCH3 is 1. The van der Waals surface area contributed by atoms with E-state index in [0.717, 1.165) is 36.8 Å². The number of amides is 1. The summed E-state index contributed by atoms with van der Waals surface area (Å²) in [6, 6.07) is 11.1. The van der Waals surface area contributed by atoms with Crippen LogP contribution in [0.15, 0.2) is 52.1 Å². The van der Waals surface area contributed by atoms with E-state index in [4.69, 9.17) is 9.15 Å². The first kappa shape index (κ1) is 24.0. The molecule has 1 heterocycles. The summed E-state index contributed by atoms with van der Waals surface area (Å²) in [6.07, 6.45) is 2.50. The van der Waals surface area contributed by atoms with Crippen LogP contribution in [-0.2, 0) is 17.8 Å². The van der Waals surface area contributed by atoms with Crippen molar-refractivity contribution < 1.29 is 13.9 Å². The summed E-state index contributed by atoms with van der Waals surface area (Å²) in [6.45, 7) is 5.15. The zero-order valence-corrected chi connectivity index (χ0v) is 18.7. The van der Waals surface area contributed by atoms with E-state index in [9.17, 15) is 4.79 Å². The molecular formula is C20H29IN4O3. The summed E-state index contributed by atoms with van der Waals surface area (Å²) in [4.78, 5) is 16.9. The van der Waals surface area contributed by atoms with E-state index >= 15 is 0 Å². The standard InChI is InChI=1S/C20H28N4O3.HI/c1-3-21-20(22-10-6-11-26-2)24-14-16-7-4-8-17(13-16)19(25)23-15-18-9-5-12-27-18;/h4-5,7-9,12-13H,3,6,10-11,14-15H2,1-2H3,(H,23,25)(H2,21,22,24);1H. The summed E-state index contributed by atoms with van der Waals surface area (Å²) < 4.78 is 10.3. The maximum Gasteiger partial charge on any atom is 0.251 e. The van der Waals surface area contributed by atoms with E-state index < -0.39 is 0 Å². The first-order chi connectivity index (χ1) is 13.2. The fourth-order valence-electron chi connectivity index (χ4n) is 2.43. The maximum absolute atomic E-state index is 12.3. The maximum atomic E-state index is 12.3. The summed E-state index contributed by atoms with van der Waals surface area (Å²) in [7, 11) is 1.69. The van der Waals surface area contributed by atoms with Gasteiger partial charge in [-0.25, -0.2) is 4.99 Å². The van der Waals surface area contributed by atoms with E-state index in [1.165, 1.54) is 0 Å². The highest BCUT2D eigenvalue weighted by atomic mass is 127. The number of carbonyl (C=O) groups excluding carboxylic acids is 1. The Bertz CT molecular complexity index is 720. The molecule has 0 saturated heterocycles. The van der Waals surface area contributed by atoms with Gasteiger partial charge in [-0.2, -0.15) is 0 Å². The zero-order valence-electron chi connectivity index (χ0n) is 16.4. The van der Waals surface area contributed by atoms with Gasteiger partial charge in [-0.15, -0.1) is 24.0 Å². The van der Waals surface area contributed by atoms with Gasteiger partial charge in [0.25, 0.3) is 5.91 Å². The molecule has 0 aliphatic heterocycles. The van der Waals surface area contributed by atoms with Crippen molar-refractivity contribution in [2.45, 2.75) is 26.4 Å². The molecule has 0 spiro atoms. The Kier molecular flexibility index (Phi) is 12.0. The molecule has 8 heteroatoms. The summed E-state index contributed by atoms with van der Waals surface area (Å²) in [5.41, 5.74) is 1.57. The van der Waals surface area contributed by atoms with Crippen LogP contribution in [0, 0.1) is 0 Å². The van der Waals surface area contributed by atoms with Crippen LogP contribution in [0.5, 0.6) is 0 Å². The number of halogens is 1. The van der Waals surface area contributed by atoms with E-state index in [1.54, 1.807) is 25.5 Å². The molecule has 0 atom stereocenters. The van der Waals surface area contributed by atoms with Crippen molar-refractivity contribution in [1.82, 2.24) is 16.0 Å². The van der Waals surface area contributed by atoms with E-state index in [1.807, 2.05) is 31.2 Å². The minimum absolute atomic E-state index is 0. The third kappa shape index (κ3) is 8.75. The van der Waals surface area contributed by atoms with Crippen molar-refractivity contribution in [3.8, 4) is 0 Å². The highest BCUT2D eigenvalue weighted by Gasteiger charge is 2.07. The second kappa shape index (κ2) is 14.0. The number of hydrogen-bond acceptors (Lipinski definition) is 4. The predicted molar refractivity (Wildman–Crippen MR) is 121 cm³/mol. The number of benzene rings is 1. The quantitative estimate of drug-likeness (QED) is 0.202. The van der Waals surface area contributed by atoms with E-state index in [0.29, 0.717) is 25.3 Å². The molecule has 2 aromatic rings. The van der Waals surface area contributed by atoms with Crippen LogP contribution >= 0.6 is 24.0 Å². The summed E-state index contributed by atoms with van der Waals surface area (Å²) in [5, 5.41) is 9.33. The van der Waals surface area contributed by atoms with Crippen molar-refractivity contribution in [3.05, 3.63) is 59.5 Å². The molecule has 1 aromatic heterocycles. The van der Waals surface area contributed by atoms with Gasteiger partial charge in [0.2, 0.25) is 0 Å². The van der Waals surface area contributed by atoms with Crippen LogP contribution in [-0.4, -0.2) is 38.7 Å². The minimum atomic E-state index is -0.137.